The lowest BCUT2D eigenvalue weighted by atomic mass is 9.90. The quantitative estimate of drug-likeness (QED) is 0.798. The van der Waals surface area contributed by atoms with Gasteiger partial charge in [0.1, 0.15) is 11.4 Å². The van der Waals surface area contributed by atoms with Gasteiger partial charge in [-0.25, -0.2) is 4.39 Å². The van der Waals surface area contributed by atoms with Crippen molar-refractivity contribution in [2.75, 3.05) is 19.6 Å². The fraction of sp³-hybridized carbons (Fsp3) is 0.611. The second-order valence-electron chi connectivity index (χ2n) is 7.14. The number of esters is 1. The van der Waals surface area contributed by atoms with E-state index in [-0.39, 0.29) is 11.8 Å². The summed E-state index contributed by atoms with van der Waals surface area (Å²) in [4.78, 5) is 14.0. The molecule has 0 aromatic heterocycles. The monoisotopic (exact) mass is 307 g/mol. The first kappa shape index (κ1) is 16.9. The standard InChI is InChI=1S/C18H26FNO2/c1-18(2,3)22-17(21)13-20-9-7-14(8-10-20)11-15-5-4-6-16(19)12-15/h4-6,12,14H,7-11,13H2,1-3H3. The highest BCUT2D eigenvalue weighted by Crippen LogP contribution is 2.22. The van der Waals surface area contributed by atoms with Crippen molar-refractivity contribution in [2.24, 2.45) is 5.92 Å². The minimum Gasteiger partial charge on any atom is -0.459 e. The van der Waals surface area contributed by atoms with Gasteiger partial charge in [0.15, 0.2) is 0 Å². The third-order valence-corrected chi connectivity index (χ3v) is 3.89. The SMILES string of the molecule is CC(C)(C)OC(=O)CN1CCC(Cc2cccc(F)c2)CC1. The molecule has 3 nitrogen and oxygen atoms in total. The van der Waals surface area contributed by atoms with Crippen LogP contribution in [0.4, 0.5) is 4.39 Å². The molecule has 0 radical (unpaired) electrons. The molecule has 0 bridgehead atoms. The topological polar surface area (TPSA) is 29.5 Å². The number of hydrogen-bond donors (Lipinski definition) is 0. The van der Waals surface area contributed by atoms with Gasteiger partial charge < -0.3 is 4.74 Å². The lowest BCUT2D eigenvalue weighted by Gasteiger charge is -2.32. The lowest BCUT2D eigenvalue weighted by molar-refractivity contribution is -0.156. The maximum atomic E-state index is 13.2. The fourth-order valence-electron chi connectivity index (χ4n) is 2.90. The Morgan fingerprint density at radius 2 is 2.00 bits per heavy atom. The molecule has 0 unspecified atom stereocenters. The van der Waals surface area contributed by atoms with Crippen molar-refractivity contribution < 1.29 is 13.9 Å². The van der Waals surface area contributed by atoms with Crippen LogP contribution in [-0.2, 0) is 16.0 Å². The normalized spacial score (nSPS) is 17.5. The number of halogens is 1. The Morgan fingerprint density at radius 1 is 1.32 bits per heavy atom. The van der Waals surface area contributed by atoms with Crippen LogP contribution in [0.15, 0.2) is 24.3 Å². The molecule has 0 aliphatic carbocycles. The van der Waals surface area contributed by atoms with E-state index in [1.807, 2.05) is 26.8 Å². The Hall–Kier alpha value is -1.42. The van der Waals surface area contributed by atoms with Crippen molar-refractivity contribution >= 4 is 5.97 Å². The summed E-state index contributed by atoms with van der Waals surface area (Å²) in [5.41, 5.74) is 0.637. The van der Waals surface area contributed by atoms with Crippen LogP contribution in [0.5, 0.6) is 0 Å². The van der Waals surface area contributed by atoms with Gasteiger partial charge in [0, 0.05) is 0 Å². The third kappa shape index (κ3) is 5.76. The average Bonchev–Trinajstić information content (AvgIpc) is 2.39. The number of piperidine rings is 1. The number of ether oxygens (including phenoxy) is 1. The largest absolute Gasteiger partial charge is 0.459 e. The highest BCUT2D eigenvalue weighted by Gasteiger charge is 2.23. The van der Waals surface area contributed by atoms with Crippen molar-refractivity contribution in [2.45, 2.75) is 45.6 Å². The first-order chi connectivity index (χ1) is 10.3. The molecule has 1 heterocycles. The summed E-state index contributed by atoms with van der Waals surface area (Å²) >= 11 is 0. The Kier molecular flexibility index (Phi) is 5.57. The number of hydrogen-bond acceptors (Lipinski definition) is 3. The number of rotatable bonds is 4. The zero-order valence-electron chi connectivity index (χ0n) is 13.8. The first-order valence-corrected chi connectivity index (χ1v) is 8.00. The van der Waals surface area contributed by atoms with Crippen LogP contribution in [0.25, 0.3) is 0 Å². The van der Waals surface area contributed by atoms with Gasteiger partial charge in [-0.3, -0.25) is 9.69 Å². The molecule has 22 heavy (non-hydrogen) atoms. The summed E-state index contributed by atoms with van der Waals surface area (Å²) in [5.74, 6) is 0.243. The Bertz CT molecular complexity index is 502. The van der Waals surface area contributed by atoms with Crippen molar-refractivity contribution in [1.82, 2.24) is 4.90 Å². The molecule has 1 aromatic carbocycles. The van der Waals surface area contributed by atoms with Crippen molar-refractivity contribution in [1.29, 1.82) is 0 Å². The van der Waals surface area contributed by atoms with Gasteiger partial charge in [0.2, 0.25) is 0 Å². The maximum absolute atomic E-state index is 13.2. The lowest BCUT2D eigenvalue weighted by Crippen LogP contribution is -2.40. The first-order valence-electron chi connectivity index (χ1n) is 8.00. The van der Waals surface area contributed by atoms with Gasteiger partial charge in [0.05, 0.1) is 6.54 Å². The van der Waals surface area contributed by atoms with E-state index < -0.39 is 5.60 Å². The third-order valence-electron chi connectivity index (χ3n) is 3.89. The minimum atomic E-state index is -0.424. The molecule has 4 heteroatoms. The summed E-state index contributed by atoms with van der Waals surface area (Å²) < 4.78 is 18.6. The molecule has 0 N–H and O–H groups in total. The number of nitrogens with zero attached hydrogens (tertiary/aromatic N) is 1. The van der Waals surface area contributed by atoms with Crippen LogP contribution in [0, 0.1) is 11.7 Å². The van der Waals surface area contributed by atoms with E-state index in [1.165, 1.54) is 6.07 Å². The molecule has 0 atom stereocenters. The minimum absolute atomic E-state index is 0.156. The molecule has 0 amide bonds. The predicted molar refractivity (Wildman–Crippen MR) is 85.1 cm³/mol. The summed E-state index contributed by atoms with van der Waals surface area (Å²) in [5, 5.41) is 0. The van der Waals surface area contributed by atoms with Gasteiger partial charge >= 0.3 is 5.97 Å². The Morgan fingerprint density at radius 3 is 2.59 bits per heavy atom. The number of carbonyl (C=O) groups is 1. The van der Waals surface area contributed by atoms with Gasteiger partial charge in [-0.1, -0.05) is 12.1 Å². The summed E-state index contributed by atoms with van der Waals surface area (Å²) in [6.07, 6.45) is 3.00. The van der Waals surface area contributed by atoms with E-state index in [0.29, 0.717) is 12.5 Å². The van der Waals surface area contributed by atoms with Crippen molar-refractivity contribution in [3.63, 3.8) is 0 Å². The molecule has 0 saturated carbocycles. The van der Waals surface area contributed by atoms with Crippen molar-refractivity contribution in [3.8, 4) is 0 Å². The fourth-order valence-corrected chi connectivity index (χ4v) is 2.90. The van der Waals surface area contributed by atoms with Gasteiger partial charge in [-0.2, -0.15) is 0 Å². The van der Waals surface area contributed by atoms with Gasteiger partial charge in [-0.05, 0) is 76.7 Å². The Balaban J connectivity index is 1.75. The maximum Gasteiger partial charge on any atom is 0.320 e. The number of carbonyl (C=O) groups excluding carboxylic acids is 1. The molecule has 122 valence electrons. The second-order valence-corrected chi connectivity index (χ2v) is 7.14. The highest BCUT2D eigenvalue weighted by atomic mass is 19.1. The smallest absolute Gasteiger partial charge is 0.320 e. The number of likely N-dealkylation sites (tertiary alicyclic amines) is 1. The van der Waals surface area contributed by atoms with Crippen LogP contribution in [-0.4, -0.2) is 36.1 Å². The summed E-state index contributed by atoms with van der Waals surface area (Å²) in [6.45, 7) is 7.82. The highest BCUT2D eigenvalue weighted by molar-refractivity contribution is 5.72. The van der Waals surface area contributed by atoms with E-state index in [4.69, 9.17) is 4.74 Å². The number of benzene rings is 1. The van der Waals surface area contributed by atoms with Crippen molar-refractivity contribution in [3.05, 3.63) is 35.6 Å². The average molecular weight is 307 g/mol. The Labute approximate surface area is 132 Å². The predicted octanol–water partition coefficient (Wildman–Crippen LogP) is 3.42. The van der Waals surface area contributed by atoms with E-state index in [1.54, 1.807) is 12.1 Å². The van der Waals surface area contributed by atoms with Gasteiger partial charge in [-0.15, -0.1) is 0 Å². The molecule has 1 saturated heterocycles. The van der Waals surface area contributed by atoms with Gasteiger partial charge in [0.25, 0.3) is 0 Å². The van der Waals surface area contributed by atoms with E-state index in [9.17, 15) is 9.18 Å². The molecule has 1 aliphatic rings. The van der Waals surface area contributed by atoms with E-state index >= 15 is 0 Å². The summed E-state index contributed by atoms with van der Waals surface area (Å²) in [7, 11) is 0. The van der Waals surface area contributed by atoms with Crippen LogP contribution in [0.1, 0.15) is 39.2 Å². The molecule has 2 rings (SSSR count). The molecule has 1 fully saturated rings. The second kappa shape index (κ2) is 7.23. The molecular formula is C18H26FNO2. The van der Waals surface area contributed by atoms with Crippen LogP contribution in [0.2, 0.25) is 0 Å². The molecule has 1 aromatic rings. The van der Waals surface area contributed by atoms with E-state index in [2.05, 4.69) is 4.90 Å². The summed E-state index contributed by atoms with van der Waals surface area (Å²) in [6, 6.07) is 6.85. The molecule has 1 aliphatic heterocycles. The zero-order valence-corrected chi connectivity index (χ0v) is 13.8. The molecular weight excluding hydrogens is 281 g/mol. The van der Waals surface area contributed by atoms with Crippen LogP contribution >= 0.6 is 0 Å². The van der Waals surface area contributed by atoms with Crippen LogP contribution in [0.3, 0.4) is 0 Å². The van der Waals surface area contributed by atoms with E-state index in [0.717, 1.165) is 37.9 Å². The molecule has 0 spiro atoms. The zero-order chi connectivity index (χ0) is 16.2. The van der Waals surface area contributed by atoms with Crippen LogP contribution < -0.4 is 0 Å².